The summed E-state index contributed by atoms with van der Waals surface area (Å²) in [6, 6.07) is 1.81. The van der Waals surface area contributed by atoms with Gasteiger partial charge in [-0.1, -0.05) is 25.7 Å². The van der Waals surface area contributed by atoms with Gasteiger partial charge in [-0.25, -0.2) is 8.78 Å². The average molecular weight is 282 g/mol. The van der Waals surface area contributed by atoms with Crippen LogP contribution in [0.5, 0.6) is 0 Å². The van der Waals surface area contributed by atoms with Crippen LogP contribution in [0.2, 0.25) is 0 Å². The zero-order valence-corrected chi connectivity index (χ0v) is 11.4. The second kappa shape index (κ2) is 6.68. The van der Waals surface area contributed by atoms with E-state index in [4.69, 9.17) is 5.73 Å². The standard InChI is InChI=1S/C15H20F2N2O/c16-11-8-12(17)14(9-13(11)18)19-15(20)7-10-5-3-1-2-4-6-10/h8-10H,1-7,18H2,(H,19,20). The predicted octanol–water partition coefficient (Wildman–Crippen LogP) is 3.85. The Kier molecular flexibility index (Phi) is 4.93. The largest absolute Gasteiger partial charge is 0.396 e. The first-order valence-corrected chi connectivity index (χ1v) is 7.10. The molecule has 1 aliphatic rings. The van der Waals surface area contributed by atoms with Crippen LogP contribution in [0.4, 0.5) is 20.2 Å². The van der Waals surface area contributed by atoms with Crippen LogP contribution in [0.25, 0.3) is 0 Å². The second-order valence-electron chi connectivity index (χ2n) is 5.46. The van der Waals surface area contributed by atoms with Crippen molar-refractivity contribution in [2.24, 2.45) is 5.92 Å². The van der Waals surface area contributed by atoms with Crippen molar-refractivity contribution >= 4 is 17.3 Å². The number of nitrogens with two attached hydrogens (primary N) is 1. The zero-order chi connectivity index (χ0) is 14.5. The third kappa shape index (κ3) is 3.92. The lowest BCUT2D eigenvalue weighted by Gasteiger charge is -2.14. The molecule has 110 valence electrons. The van der Waals surface area contributed by atoms with Gasteiger partial charge in [0.05, 0.1) is 11.4 Å². The van der Waals surface area contributed by atoms with Gasteiger partial charge in [0.25, 0.3) is 0 Å². The Balaban J connectivity index is 1.95. The summed E-state index contributed by atoms with van der Waals surface area (Å²) in [4.78, 5) is 11.9. The van der Waals surface area contributed by atoms with Gasteiger partial charge in [0.2, 0.25) is 5.91 Å². The summed E-state index contributed by atoms with van der Waals surface area (Å²) in [6.07, 6.45) is 7.22. The van der Waals surface area contributed by atoms with E-state index in [2.05, 4.69) is 5.32 Å². The van der Waals surface area contributed by atoms with Gasteiger partial charge in [0, 0.05) is 12.5 Å². The number of nitrogen functional groups attached to an aromatic ring is 1. The van der Waals surface area contributed by atoms with Gasteiger partial charge in [-0.3, -0.25) is 4.79 Å². The van der Waals surface area contributed by atoms with Crippen LogP contribution >= 0.6 is 0 Å². The first-order valence-electron chi connectivity index (χ1n) is 7.10. The molecule has 0 saturated heterocycles. The highest BCUT2D eigenvalue weighted by Crippen LogP contribution is 2.26. The number of carbonyl (C=O) groups excluding carboxylic acids is 1. The number of rotatable bonds is 3. The van der Waals surface area contributed by atoms with Crippen LogP contribution in [0.1, 0.15) is 44.9 Å². The molecule has 0 radical (unpaired) electrons. The quantitative estimate of drug-likeness (QED) is 0.653. The van der Waals surface area contributed by atoms with Gasteiger partial charge in [0.1, 0.15) is 11.6 Å². The Morgan fingerprint density at radius 2 is 1.80 bits per heavy atom. The van der Waals surface area contributed by atoms with Crippen molar-refractivity contribution < 1.29 is 13.6 Å². The minimum Gasteiger partial charge on any atom is -0.396 e. The molecule has 1 aromatic carbocycles. The summed E-state index contributed by atoms with van der Waals surface area (Å²) in [7, 11) is 0. The number of amides is 1. The number of halogens is 2. The Bertz CT molecular complexity index is 483. The molecule has 0 aromatic heterocycles. The van der Waals surface area contributed by atoms with E-state index in [1.54, 1.807) is 0 Å². The fourth-order valence-electron chi connectivity index (χ4n) is 2.69. The summed E-state index contributed by atoms with van der Waals surface area (Å²) in [5, 5.41) is 2.49. The molecule has 0 heterocycles. The van der Waals surface area contributed by atoms with E-state index in [0.29, 0.717) is 18.4 Å². The highest BCUT2D eigenvalue weighted by atomic mass is 19.1. The molecule has 3 N–H and O–H groups in total. The normalized spacial score (nSPS) is 16.7. The summed E-state index contributed by atoms with van der Waals surface area (Å²) in [6.45, 7) is 0. The monoisotopic (exact) mass is 282 g/mol. The molecule has 0 unspecified atom stereocenters. The summed E-state index contributed by atoms with van der Waals surface area (Å²) in [5.41, 5.74) is 5.15. The molecule has 3 nitrogen and oxygen atoms in total. The Labute approximate surface area is 117 Å². The van der Waals surface area contributed by atoms with Crippen molar-refractivity contribution in [3.63, 3.8) is 0 Å². The molecule has 0 bridgehead atoms. The molecule has 1 fully saturated rings. The highest BCUT2D eigenvalue weighted by molar-refractivity contribution is 5.91. The zero-order valence-electron chi connectivity index (χ0n) is 11.4. The second-order valence-corrected chi connectivity index (χ2v) is 5.46. The molecule has 20 heavy (non-hydrogen) atoms. The first kappa shape index (κ1) is 14.8. The lowest BCUT2D eigenvalue weighted by Crippen LogP contribution is -2.17. The molecule has 1 aromatic rings. The van der Waals surface area contributed by atoms with Crippen molar-refractivity contribution in [3.05, 3.63) is 23.8 Å². The number of nitrogens with one attached hydrogen (secondary N) is 1. The number of carbonyl (C=O) groups is 1. The van der Waals surface area contributed by atoms with Crippen LogP contribution in [0, 0.1) is 17.6 Å². The molecule has 1 saturated carbocycles. The summed E-state index contributed by atoms with van der Waals surface area (Å²) >= 11 is 0. The fourth-order valence-corrected chi connectivity index (χ4v) is 2.69. The van der Waals surface area contributed by atoms with E-state index in [0.717, 1.165) is 31.7 Å². The van der Waals surface area contributed by atoms with E-state index >= 15 is 0 Å². The van der Waals surface area contributed by atoms with Crippen molar-refractivity contribution in [2.75, 3.05) is 11.1 Å². The van der Waals surface area contributed by atoms with Crippen LogP contribution in [-0.4, -0.2) is 5.91 Å². The van der Waals surface area contributed by atoms with Gasteiger partial charge in [-0.2, -0.15) is 0 Å². The lowest BCUT2D eigenvalue weighted by atomic mass is 9.96. The third-order valence-corrected chi connectivity index (χ3v) is 3.81. The van der Waals surface area contributed by atoms with E-state index < -0.39 is 11.6 Å². The number of anilines is 2. The smallest absolute Gasteiger partial charge is 0.224 e. The molecule has 1 amide bonds. The van der Waals surface area contributed by atoms with Crippen LogP contribution in [0.15, 0.2) is 12.1 Å². The van der Waals surface area contributed by atoms with Crippen molar-refractivity contribution in [2.45, 2.75) is 44.9 Å². The van der Waals surface area contributed by atoms with Crippen molar-refractivity contribution in [3.8, 4) is 0 Å². The van der Waals surface area contributed by atoms with Gasteiger partial charge in [-0.15, -0.1) is 0 Å². The number of hydrogen-bond acceptors (Lipinski definition) is 2. The number of hydrogen-bond donors (Lipinski definition) is 2. The van der Waals surface area contributed by atoms with Gasteiger partial charge in [-0.05, 0) is 24.8 Å². The molecular formula is C15H20F2N2O. The molecular weight excluding hydrogens is 262 g/mol. The lowest BCUT2D eigenvalue weighted by molar-refractivity contribution is -0.117. The summed E-state index contributed by atoms with van der Waals surface area (Å²) < 4.78 is 26.6. The van der Waals surface area contributed by atoms with E-state index in [-0.39, 0.29) is 17.3 Å². The Morgan fingerprint density at radius 1 is 1.15 bits per heavy atom. The molecule has 1 aliphatic carbocycles. The molecule has 5 heteroatoms. The first-order chi connectivity index (χ1) is 9.56. The fraction of sp³-hybridized carbons (Fsp3) is 0.533. The van der Waals surface area contributed by atoms with Crippen LogP contribution < -0.4 is 11.1 Å². The topological polar surface area (TPSA) is 55.1 Å². The van der Waals surface area contributed by atoms with Gasteiger partial charge < -0.3 is 11.1 Å². The van der Waals surface area contributed by atoms with Crippen molar-refractivity contribution in [1.82, 2.24) is 0 Å². The molecule has 0 atom stereocenters. The van der Waals surface area contributed by atoms with Crippen LogP contribution in [-0.2, 0) is 4.79 Å². The van der Waals surface area contributed by atoms with E-state index in [9.17, 15) is 13.6 Å². The van der Waals surface area contributed by atoms with Crippen molar-refractivity contribution in [1.29, 1.82) is 0 Å². The van der Waals surface area contributed by atoms with E-state index in [1.807, 2.05) is 0 Å². The highest BCUT2D eigenvalue weighted by Gasteiger charge is 2.17. The maximum absolute atomic E-state index is 13.5. The van der Waals surface area contributed by atoms with Gasteiger partial charge >= 0.3 is 0 Å². The predicted molar refractivity (Wildman–Crippen MR) is 75.2 cm³/mol. The minimum atomic E-state index is -0.815. The Morgan fingerprint density at radius 3 is 2.45 bits per heavy atom. The molecule has 0 aliphatic heterocycles. The average Bonchev–Trinajstić information content (AvgIpc) is 2.64. The third-order valence-electron chi connectivity index (χ3n) is 3.81. The van der Waals surface area contributed by atoms with E-state index in [1.165, 1.54) is 12.8 Å². The SMILES string of the molecule is Nc1cc(NC(=O)CC2CCCCCC2)c(F)cc1F. The minimum absolute atomic E-state index is 0.0532. The molecule has 0 spiro atoms. The maximum Gasteiger partial charge on any atom is 0.224 e. The maximum atomic E-state index is 13.5. The number of benzene rings is 1. The van der Waals surface area contributed by atoms with Gasteiger partial charge in [0.15, 0.2) is 0 Å². The summed E-state index contributed by atoms with van der Waals surface area (Å²) in [5.74, 6) is -1.49. The molecule has 2 rings (SSSR count). The Hall–Kier alpha value is -1.65. The van der Waals surface area contributed by atoms with Crippen LogP contribution in [0.3, 0.4) is 0 Å².